The van der Waals surface area contributed by atoms with Crippen LogP contribution < -0.4 is 16.0 Å². The molecular formula is C17H20N2O. The highest BCUT2D eigenvalue weighted by atomic mass is 16.5. The van der Waals surface area contributed by atoms with Crippen LogP contribution in [0.15, 0.2) is 42.5 Å². The van der Waals surface area contributed by atoms with E-state index in [2.05, 4.69) is 43.5 Å². The summed E-state index contributed by atoms with van der Waals surface area (Å²) in [5.41, 5.74) is 7.85. The summed E-state index contributed by atoms with van der Waals surface area (Å²) in [6, 6.07) is 14.7. The molecule has 3 N–H and O–H groups in total. The highest BCUT2D eigenvalue weighted by Crippen LogP contribution is 2.34. The third kappa shape index (κ3) is 2.42. The number of ether oxygens (including phenoxy) is 1. The van der Waals surface area contributed by atoms with Gasteiger partial charge in [0.15, 0.2) is 0 Å². The molecule has 0 spiro atoms. The molecule has 0 saturated heterocycles. The predicted octanol–water partition coefficient (Wildman–Crippen LogP) is 2.81. The smallest absolute Gasteiger partial charge is 0.124 e. The Morgan fingerprint density at radius 3 is 2.50 bits per heavy atom. The molecule has 0 fully saturated rings. The number of nitrogens with one attached hydrogen (secondary N) is 1. The maximum atomic E-state index is 6.05. The second-order valence-corrected chi connectivity index (χ2v) is 5.53. The molecule has 3 rings (SSSR count). The molecule has 3 heteroatoms. The SMILES string of the molecule is Cc1cc(C)cc(C(NN)C2Cc3ccccc3O2)c1. The van der Waals surface area contributed by atoms with Crippen molar-refractivity contribution in [3.05, 3.63) is 64.7 Å². The van der Waals surface area contributed by atoms with Gasteiger partial charge in [-0.15, -0.1) is 0 Å². The number of hydrazine groups is 1. The first-order chi connectivity index (χ1) is 9.67. The number of benzene rings is 2. The second kappa shape index (κ2) is 5.27. The second-order valence-electron chi connectivity index (χ2n) is 5.53. The molecule has 2 unspecified atom stereocenters. The number of hydrogen-bond donors (Lipinski definition) is 2. The molecule has 0 aromatic heterocycles. The fourth-order valence-corrected chi connectivity index (χ4v) is 3.00. The van der Waals surface area contributed by atoms with E-state index in [1.807, 2.05) is 18.2 Å². The van der Waals surface area contributed by atoms with Crippen molar-refractivity contribution >= 4 is 0 Å². The Labute approximate surface area is 119 Å². The molecule has 3 nitrogen and oxygen atoms in total. The van der Waals surface area contributed by atoms with Crippen LogP contribution in [-0.2, 0) is 6.42 Å². The van der Waals surface area contributed by atoms with Crippen molar-refractivity contribution in [2.75, 3.05) is 0 Å². The molecule has 20 heavy (non-hydrogen) atoms. The lowest BCUT2D eigenvalue weighted by atomic mass is 9.95. The number of nitrogens with two attached hydrogens (primary N) is 1. The van der Waals surface area contributed by atoms with Crippen molar-refractivity contribution < 1.29 is 4.74 Å². The zero-order valence-electron chi connectivity index (χ0n) is 11.9. The van der Waals surface area contributed by atoms with Crippen LogP contribution in [0.4, 0.5) is 0 Å². The van der Waals surface area contributed by atoms with Gasteiger partial charge in [-0.25, -0.2) is 5.43 Å². The molecule has 0 amide bonds. The van der Waals surface area contributed by atoms with Crippen LogP contribution in [0.25, 0.3) is 0 Å². The first-order valence-electron chi connectivity index (χ1n) is 6.96. The van der Waals surface area contributed by atoms with Crippen molar-refractivity contribution in [1.82, 2.24) is 5.43 Å². The topological polar surface area (TPSA) is 47.3 Å². The molecule has 0 aliphatic carbocycles. The fraction of sp³-hybridized carbons (Fsp3) is 0.294. The average Bonchev–Trinajstić information content (AvgIpc) is 2.81. The Morgan fingerprint density at radius 2 is 1.85 bits per heavy atom. The first kappa shape index (κ1) is 13.2. The summed E-state index contributed by atoms with van der Waals surface area (Å²) in [6.45, 7) is 4.21. The summed E-state index contributed by atoms with van der Waals surface area (Å²) in [6.07, 6.45) is 0.927. The first-order valence-corrected chi connectivity index (χ1v) is 6.96. The average molecular weight is 268 g/mol. The minimum absolute atomic E-state index is 0.000926. The van der Waals surface area contributed by atoms with Crippen molar-refractivity contribution in [3.8, 4) is 5.75 Å². The largest absolute Gasteiger partial charge is 0.488 e. The minimum Gasteiger partial charge on any atom is -0.488 e. The molecule has 0 saturated carbocycles. The van der Waals surface area contributed by atoms with E-state index in [0.29, 0.717) is 0 Å². The third-order valence-electron chi connectivity index (χ3n) is 3.83. The summed E-state index contributed by atoms with van der Waals surface area (Å²) >= 11 is 0. The van der Waals surface area contributed by atoms with Crippen molar-refractivity contribution in [2.45, 2.75) is 32.4 Å². The van der Waals surface area contributed by atoms with Gasteiger partial charge in [-0.2, -0.15) is 0 Å². The maximum absolute atomic E-state index is 6.05. The number of rotatable bonds is 3. The number of para-hydroxylation sites is 1. The number of hydrogen-bond acceptors (Lipinski definition) is 3. The molecule has 0 radical (unpaired) electrons. The van der Waals surface area contributed by atoms with Crippen molar-refractivity contribution in [1.29, 1.82) is 0 Å². The monoisotopic (exact) mass is 268 g/mol. The number of fused-ring (bicyclic) bond motifs is 1. The van der Waals surface area contributed by atoms with Crippen LogP contribution in [0.1, 0.15) is 28.3 Å². The Bertz CT molecular complexity index is 579. The van der Waals surface area contributed by atoms with Crippen molar-refractivity contribution in [3.63, 3.8) is 0 Å². The normalized spacial score (nSPS) is 18.4. The van der Waals surface area contributed by atoms with Gasteiger partial charge in [-0.05, 0) is 31.0 Å². The zero-order valence-corrected chi connectivity index (χ0v) is 11.9. The summed E-state index contributed by atoms with van der Waals surface area (Å²) in [5.74, 6) is 6.76. The van der Waals surface area contributed by atoms with Gasteiger partial charge >= 0.3 is 0 Å². The molecule has 2 aromatic carbocycles. The lowest BCUT2D eigenvalue weighted by molar-refractivity contribution is 0.179. The Kier molecular flexibility index (Phi) is 3.47. The number of aryl methyl sites for hydroxylation is 2. The van der Waals surface area contributed by atoms with E-state index in [1.165, 1.54) is 22.3 Å². The molecule has 0 bridgehead atoms. The van der Waals surface area contributed by atoms with E-state index in [1.54, 1.807) is 0 Å². The summed E-state index contributed by atoms with van der Waals surface area (Å²) < 4.78 is 6.05. The Morgan fingerprint density at radius 1 is 1.15 bits per heavy atom. The predicted molar refractivity (Wildman–Crippen MR) is 80.5 cm³/mol. The summed E-state index contributed by atoms with van der Waals surface area (Å²) in [4.78, 5) is 0. The van der Waals surface area contributed by atoms with Crippen molar-refractivity contribution in [2.24, 2.45) is 5.84 Å². The third-order valence-corrected chi connectivity index (χ3v) is 3.83. The van der Waals surface area contributed by atoms with E-state index >= 15 is 0 Å². The maximum Gasteiger partial charge on any atom is 0.124 e. The van der Waals surface area contributed by atoms with Crippen LogP contribution in [-0.4, -0.2) is 6.10 Å². The van der Waals surface area contributed by atoms with Gasteiger partial charge in [-0.1, -0.05) is 47.5 Å². The molecule has 1 heterocycles. The Hall–Kier alpha value is -1.84. The minimum atomic E-state index is 0.000926. The molecular weight excluding hydrogens is 248 g/mol. The summed E-state index contributed by atoms with van der Waals surface area (Å²) in [5, 5.41) is 0. The van der Waals surface area contributed by atoms with E-state index in [0.717, 1.165) is 12.2 Å². The quantitative estimate of drug-likeness (QED) is 0.664. The van der Waals surface area contributed by atoms with Gasteiger partial charge in [0.1, 0.15) is 11.9 Å². The zero-order chi connectivity index (χ0) is 14.1. The van der Waals surface area contributed by atoms with E-state index in [4.69, 9.17) is 10.6 Å². The van der Waals surface area contributed by atoms with E-state index in [-0.39, 0.29) is 12.1 Å². The van der Waals surface area contributed by atoms with Gasteiger partial charge in [0.05, 0.1) is 6.04 Å². The lowest BCUT2D eigenvalue weighted by Gasteiger charge is -2.23. The van der Waals surface area contributed by atoms with Gasteiger partial charge in [0.2, 0.25) is 0 Å². The molecule has 104 valence electrons. The highest BCUT2D eigenvalue weighted by Gasteiger charge is 2.30. The highest BCUT2D eigenvalue weighted by molar-refractivity contribution is 5.39. The molecule has 1 aliphatic heterocycles. The molecule has 1 aliphatic rings. The molecule has 2 aromatic rings. The standard InChI is InChI=1S/C17H20N2O/c1-11-7-12(2)9-14(8-11)17(19-18)16-10-13-5-3-4-6-15(13)20-16/h3-9,16-17,19H,10,18H2,1-2H3. The van der Waals surface area contributed by atoms with Crippen LogP contribution in [0.2, 0.25) is 0 Å². The van der Waals surface area contributed by atoms with Crippen LogP contribution in [0, 0.1) is 13.8 Å². The van der Waals surface area contributed by atoms with Gasteiger partial charge in [0, 0.05) is 6.42 Å². The summed E-state index contributed by atoms with van der Waals surface area (Å²) in [7, 11) is 0. The van der Waals surface area contributed by atoms with Crippen LogP contribution in [0.3, 0.4) is 0 Å². The van der Waals surface area contributed by atoms with Crippen LogP contribution >= 0.6 is 0 Å². The molecule has 2 atom stereocenters. The van der Waals surface area contributed by atoms with Gasteiger partial charge in [0.25, 0.3) is 0 Å². The van der Waals surface area contributed by atoms with Crippen LogP contribution in [0.5, 0.6) is 5.75 Å². The fourth-order valence-electron chi connectivity index (χ4n) is 3.00. The Balaban J connectivity index is 1.88. The van der Waals surface area contributed by atoms with Gasteiger partial charge < -0.3 is 4.74 Å². The van der Waals surface area contributed by atoms with E-state index in [9.17, 15) is 0 Å². The lowest BCUT2D eigenvalue weighted by Crippen LogP contribution is -2.39. The van der Waals surface area contributed by atoms with E-state index < -0.39 is 0 Å². The van der Waals surface area contributed by atoms with Gasteiger partial charge in [-0.3, -0.25) is 5.84 Å².